The summed E-state index contributed by atoms with van der Waals surface area (Å²) >= 11 is 1.60. The van der Waals surface area contributed by atoms with Crippen molar-refractivity contribution in [3.63, 3.8) is 0 Å². The number of rotatable bonds is 5. The van der Waals surface area contributed by atoms with Gasteiger partial charge in [0.15, 0.2) is 0 Å². The molecule has 0 spiro atoms. The number of hydrogen-bond donors (Lipinski definition) is 0. The van der Waals surface area contributed by atoms with Crippen molar-refractivity contribution in [2.45, 2.75) is 56.1 Å². The summed E-state index contributed by atoms with van der Waals surface area (Å²) in [5.41, 5.74) is 0.201. The zero-order valence-electron chi connectivity index (χ0n) is 17.0. The molecule has 4 bridgehead atoms. The molecule has 5 fully saturated rings. The maximum absolute atomic E-state index is 6.15. The van der Waals surface area contributed by atoms with E-state index in [9.17, 15) is 0 Å². The van der Waals surface area contributed by atoms with Gasteiger partial charge in [-0.05, 0) is 62.8 Å². The summed E-state index contributed by atoms with van der Waals surface area (Å²) in [6.45, 7) is 8.87. The fraction of sp³-hybridized carbons (Fsp3) is 0.818. The van der Waals surface area contributed by atoms with Crippen LogP contribution in [0.25, 0.3) is 0 Å². The molecule has 0 radical (unpaired) electrons. The van der Waals surface area contributed by atoms with Crippen LogP contribution in [0.1, 0.15) is 51.3 Å². The van der Waals surface area contributed by atoms with E-state index in [0.717, 1.165) is 55.6 Å². The Morgan fingerprint density at radius 1 is 0.964 bits per heavy atom. The van der Waals surface area contributed by atoms with Gasteiger partial charge in [0, 0.05) is 31.6 Å². The highest BCUT2D eigenvalue weighted by Gasteiger charge is 2.54. The number of hydrogen-bond acceptors (Lipinski definition) is 6. The molecule has 1 saturated heterocycles. The molecule has 0 atom stereocenters. The lowest BCUT2D eigenvalue weighted by atomic mass is 9.49. The van der Waals surface area contributed by atoms with Crippen molar-refractivity contribution in [2.24, 2.45) is 17.8 Å². The SMILES string of the molecule is CCN1CCN(CC#CCSc2nnc(C34CC5CC(CC(C5)C3)C4)o2)CC1. The van der Waals surface area contributed by atoms with Gasteiger partial charge in [-0.25, -0.2) is 0 Å². The smallest absolute Gasteiger partial charge is 0.277 e. The Balaban J connectivity index is 1.11. The van der Waals surface area contributed by atoms with Gasteiger partial charge >= 0.3 is 0 Å². The normalized spacial score (nSPS) is 35.1. The zero-order valence-corrected chi connectivity index (χ0v) is 17.8. The largest absolute Gasteiger partial charge is 0.415 e. The third kappa shape index (κ3) is 3.86. The number of piperazine rings is 1. The minimum absolute atomic E-state index is 0.201. The summed E-state index contributed by atoms with van der Waals surface area (Å²) in [6.07, 6.45) is 8.15. The van der Waals surface area contributed by atoms with E-state index in [-0.39, 0.29) is 5.41 Å². The standard InChI is InChI=1S/C22H32N4OS/c1-2-25-6-8-26(9-7-25)5-3-4-10-28-21-24-23-20(27-21)22-14-17-11-18(15-22)13-19(12-17)16-22/h17-19H,2,5-16H2,1H3. The molecule has 5 aliphatic rings. The molecule has 0 aromatic carbocycles. The molecule has 4 aliphatic carbocycles. The van der Waals surface area contributed by atoms with Crippen LogP contribution in [-0.4, -0.2) is 65.0 Å². The zero-order chi connectivity index (χ0) is 19.0. The molecule has 0 amide bonds. The van der Waals surface area contributed by atoms with Crippen LogP contribution in [0.2, 0.25) is 0 Å². The summed E-state index contributed by atoms with van der Waals surface area (Å²) in [5, 5.41) is 9.54. The average molecular weight is 401 g/mol. The lowest BCUT2D eigenvalue weighted by Crippen LogP contribution is -2.48. The van der Waals surface area contributed by atoms with E-state index >= 15 is 0 Å². The highest BCUT2D eigenvalue weighted by molar-refractivity contribution is 7.99. The van der Waals surface area contributed by atoms with Gasteiger partial charge in [-0.2, -0.15) is 0 Å². The first kappa shape index (κ1) is 19.0. The third-order valence-electron chi connectivity index (χ3n) is 7.51. The first-order valence-electron chi connectivity index (χ1n) is 11.1. The summed E-state index contributed by atoms with van der Waals surface area (Å²) in [5.74, 6) is 11.0. The van der Waals surface area contributed by atoms with Crippen LogP contribution < -0.4 is 0 Å². The maximum Gasteiger partial charge on any atom is 0.277 e. The number of likely N-dealkylation sites (N-methyl/N-ethyl adjacent to an activating group) is 1. The fourth-order valence-electron chi connectivity index (χ4n) is 6.44. The molecular weight excluding hydrogens is 368 g/mol. The minimum Gasteiger partial charge on any atom is -0.415 e. The van der Waals surface area contributed by atoms with Gasteiger partial charge in [-0.3, -0.25) is 4.90 Å². The van der Waals surface area contributed by atoms with Crippen molar-refractivity contribution in [1.29, 1.82) is 0 Å². The van der Waals surface area contributed by atoms with E-state index in [0.29, 0.717) is 5.22 Å². The Kier molecular flexibility index (Phi) is 5.42. The Morgan fingerprint density at radius 3 is 2.25 bits per heavy atom. The van der Waals surface area contributed by atoms with E-state index in [1.807, 2.05) is 0 Å². The van der Waals surface area contributed by atoms with Gasteiger partial charge in [0.05, 0.1) is 12.3 Å². The molecule has 0 N–H and O–H groups in total. The summed E-state index contributed by atoms with van der Waals surface area (Å²) in [7, 11) is 0. The molecule has 152 valence electrons. The predicted octanol–water partition coefficient (Wildman–Crippen LogP) is 3.27. The first-order chi connectivity index (χ1) is 13.7. The number of aromatic nitrogens is 2. The summed E-state index contributed by atoms with van der Waals surface area (Å²) in [4.78, 5) is 4.94. The lowest BCUT2D eigenvalue weighted by molar-refractivity contribution is -0.0191. The topological polar surface area (TPSA) is 45.4 Å². The van der Waals surface area contributed by atoms with E-state index in [2.05, 4.69) is 38.8 Å². The molecule has 6 heteroatoms. The molecule has 6 rings (SSSR count). The van der Waals surface area contributed by atoms with Gasteiger partial charge in [0.1, 0.15) is 0 Å². The van der Waals surface area contributed by atoms with Crippen LogP contribution in [0, 0.1) is 29.6 Å². The minimum atomic E-state index is 0.201. The van der Waals surface area contributed by atoms with E-state index in [4.69, 9.17) is 4.42 Å². The monoisotopic (exact) mass is 400 g/mol. The second-order valence-corrected chi connectivity index (χ2v) is 10.4. The van der Waals surface area contributed by atoms with Crippen LogP contribution in [0.15, 0.2) is 9.64 Å². The quantitative estimate of drug-likeness (QED) is 0.558. The van der Waals surface area contributed by atoms with Crippen molar-refractivity contribution in [1.82, 2.24) is 20.0 Å². The summed E-state index contributed by atoms with van der Waals surface area (Å²) < 4.78 is 6.15. The second kappa shape index (κ2) is 8.01. The van der Waals surface area contributed by atoms with E-state index in [1.165, 1.54) is 51.6 Å². The first-order valence-corrected chi connectivity index (χ1v) is 12.1. The van der Waals surface area contributed by atoms with Crippen LogP contribution in [0.4, 0.5) is 0 Å². The van der Waals surface area contributed by atoms with E-state index < -0.39 is 0 Å². The van der Waals surface area contributed by atoms with Gasteiger partial charge < -0.3 is 9.32 Å². The maximum atomic E-state index is 6.15. The van der Waals surface area contributed by atoms with Gasteiger partial charge in [0.2, 0.25) is 5.89 Å². The highest BCUT2D eigenvalue weighted by atomic mass is 32.2. The van der Waals surface area contributed by atoms with Crippen LogP contribution >= 0.6 is 11.8 Å². The highest BCUT2D eigenvalue weighted by Crippen LogP contribution is 2.60. The second-order valence-electron chi connectivity index (χ2n) is 9.42. The molecule has 1 aliphatic heterocycles. The van der Waals surface area contributed by atoms with Gasteiger partial charge in [-0.1, -0.05) is 30.5 Å². The fourth-order valence-corrected chi connectivity index (χ4v) is 6.97. The molecule has 28 heavy (non-hydrogen) atoms. The van der Waals surface area contributed by atoms with Crippen LogP contribution in [0.5, 0.6) is 0 Å². The van der Waals surface area contributed by atoms with Gasteiger partial charge in [-0.15, -0.1) is 10.2 Å². The Bertz CT molecular complexity index is 708. The van der Waals surface area contributed by atoms with Crippen molar-refractivity contribution in [2.75, 3.05) is 45.0 Å². The molecule has 5 nitrogen and oxygen atoms in total. The Morgan fingerprint density at radius 2 is 1.61 bits per heavy atom. The van der Waals surface area contributed by atoms with Crippen LogP contribution in [0.3, 0.4) is 0 Å². The Hall–Kier alpha value is -1.03. The van der Waals surface area contributed by atoms with Crippen molar-refractivity contribution in [3.8, 4) is 11.8 Å². The molecule has 1 aromatic rings. The molecule has 4 saturated carbocycles. The molecule has 1 aromatic heterocycles. The Labute approximate surface area is 173 Å². The number of thioether (sulfide) groups is 1. The molecule has 2 heterocycles. The van der Waals surface area contributed by atoms with E-state index in [1.54, 1.807) is 11.8 Å². The number of nitrogens with zero attached hydrogens (tertiary/aromatic N) is 4. The van der Waals surface area contributed by atoms with Crippen LogP contribution in [-0.2, 0) is 5.41 Å². The van der Waals surface area contributed by atoms with Crippen molar-refractivity contribution < 1.29 is 4.42 Å². The molecular formula is C22H32N4OS. The predicted molar refractivity (Wildman–Crippen MR) is 111 cm³/mol. The summed E-state index contributed by atoms with van der Waals surface area (Å²) in [6, 6.07) is 0. The molecule has 0 unspecified atom stereocenters. The average Bonchev–Trinajstić information content (AvgIpc) is 3.17. The third-order valence-corrected chi connectivity index (χ3v) is 8.21. The van der Waals surface area contributed by atoms with Gasteiger partial charge in [0.25, 0.3) is 5.22 Å². The van der Waals surface area contributed by atoms with Crippen molar-refractivity contribution >= 4 is 11.8 Å². The lowest BCUT2D eigenvalue weighted by Gasteiger charge is -2.55. The van der Waals surface area contributed by atoms with Crippen molar-refractivity contribution in [3.05, 3.63) is 5.89 Å².